The number of rotatable bonds is 3. The van der Waals surface area contributed by atoms with Crippen molar-refractivity contribution in [2.24, 2.45) is 0 Å². The molecular weight excluding hydrogens is 374 g/mol. The molecule has 0 saturated carbocycles. The summed E-state index contributed by atoms with van der Waals surface area (Å²) in [6.45, 7) is 1.61. The molecule has 2 aromatic carbocycles. The summed E-state index contributed by atoms with van der Waals surface area (Å²) >= 11 is 0. The van der Waals surface area contributed by atoms with Gasteiger partial charge in [0, 0.05) is 35.9 Å². The minimum absolute atomic E-state index is 0.0380. The fourth-order valence-corrected chi connectivity index (χ4v) is 3.33. The van der Waals surface area contributed by atoms with Gasteiger partial charge in [-0.25, -0.2) is 9.37 Å². The minimum Gasteiger partial charge on any atom is -0.399 e. The lowest BCUT2D eigenvalue weighted by molar-refractivity contribution is -0.137. The van der Waals surface area contributed by atoms with E-state index in [-0.39, 0.29) is 17.3 Å². The third-order valence-electron chi connectivity index (χ3n) is 4.58. The molecule has 0 bridgehead atoms. The van der Waals surface area contributed by atoms with E-state index >= 15 is 0 Å². The molecule has 3 aromatic rings. The van der Waals surface area contributed by atoms with E-state index in [0.29, 0.717) is 16.7 Å². The number of nitrogen functional groups attached to an aromatic ring is 1. The zero-order chi connectivity index (χ0) is 19.9. The number of hydrogen-bond acceptors (Lipinski definition) is 5. The molecule has 0 radical (unpaired) electrons. The van der Waals surface area contributed by atoms with Crippen molar-refractivity contribution in [2.45, 2.75) is 19.0 Å². The highest BCUT2D eigenvalue weighted by Gasteiger charge is 2.31. The van der Waals surface area contributed by atoms with Crippen molar-refractivity contribution in [2.75, 3.05) is 29.0 Å². The van der Waals surface area contributed by atoms with E-state index in [0.717, 1.165) is 38.1 Å². The zero-order valence-corrected chi connectivity index (χ0v) is 14.7. The average Bonchev–Trinajstić information content (AvgIpc) is 3.14. The maximum atomic E-state index is 13.7. The van der Waals surface area contributed by atoms with E-state index in [2.05, 4.69) is 20.2 Å². The van der Waals surface area contributed by atoms with Crippen LogP contribution in [0.25, 0.3) is 10.9 Å². The summed E-state index contributed by atoms with van der Waals surface area (Å²) in [6.07, 6.45) is -2.50. The van der Waals surface area contributed by atoms with Crippen LogP contribution in [0.5, 0.6) is 0 Å². The van der Waals surface area contributed by atoms with Crippen molar-refractivity contribution in [3.05, 3.63) is 47.8 Å². The molecular formula is C19H17F4N5. The second-order valence-corrected chi connectivity index (χ2v) is 6.69. The molecule has 0 unspecified atom stereocenters. The molecule has 0 amide bonds. The Balaban J connectivity index is 1.78. The summed E-state index contributed by atoms with van der Waals surface area (Å²) < 4.78 is 52.8. The lowest BCUT2D eigenvalue weighted by atomic mass is 10.1. The van der Waals surface area contributed by atoms with Crippen LogP contribution < -0.4 is 16.0 Å². The van der Waals surface area contributed by atoms with Crippen molar-refractivity contribution in [1.82, 2.24) is 9.97 Å². The van der Waals surface area contributed by atoms with Gasteiger partial charge >= 0.3 is 6.18 Å². The molecule has 5 nitrogen and oxygen atoms in total. The van der Waals surface area contributed by atoms with Crippen LogP contribution in [0.1, 0.15) is 18.4 Å². The molecule has 3 N–H and O–H groups in total. The maximum Gasteiger partial charge on any atom is 0.416 e. The Labute approximate surface area is 158 Å². The molecule has 0 atom stereocenters. The number of nitrogens with two attached hydrogens (primary N) is 1. The monoisotopic (exact) mass is 391 g/mol. The summed E-state index contributed by atoms with van der Waals surface area (Å²) in [4.78, 5) is 10.8. The number of benzene rings is 2. The van der Waals surface area contributed by atoms with Crippen LogP contribution in [0.3, 0.4) is 0 Å². The van der Waals surface area contributed by atoms with Crippen LogP contribution in [0.4, 0.5) is 40.7 Å². The molecule has 146 valence electrons. The molecule has 1 aromatic heterocycles. The van der Waals surface area contributed by atoms with Crippen molar-refractivity contribution in [1.29, 1.82) is 0 Å². The number of fused-ring (bicyclic) bond motifs is 1. The topological polar surface area (TPSA) is 67.1 Å². The van der Waals surface area contributed by atoms with Gasteiger partial charge in [-0.15, -0.1) is 0 Å². The Kier molecular flexibility index (Phi) is 4.44. The molecule has 0 aliphatic carbocycles. The largest absolute Gasteiger partial charge is 0.416 e. The molecule has 4 rings (SSSR count). The molecule has 28 heavy (non-hydrogen) atoms. The molecule has 1 saturated heterocycles. The summed E-state index contributed by atoms with van der Waals surface area (Å²) in [6, 6.07) is 7.39. The standard InChI is InChI=1S/C19H17F4N5/c20-12-3-4-15-16(9-12)26-18(27-17(15)28-5-1-2-6-28)25-14-8-11(19(21,22)23)7-13(24)10-14/h3-4,7-10H,1-2,5-6,24H2,(H,25,26,27). The summed E-state index contributed by atoms with van der Waals surface area (Å²) in [5.74, 6) is 0.261. The van der Waals surface area contributed by atoms with Gasteiger partial charge in [0.15, 0.2) is 0 Å². The predicted octanol–water partition coefficient (Wildman–Crippen LogP) is 4.71. The third-order valence-corrected chi connectivity index (χ3v) is 4.58. The van der Waals surface area contributed by atoms with Gasteiger partial charge in [0.1, 0.15) is 11.6 Å². The van der Waals surface area contributed by atoms with Gasteiger partial charge in [-0.05, 0) is 43.2 Å². The number of nitrogens with zero attached hydrogens (tertiary/aromatic N) is 3. The van der Waals surface area contributed by atoms with E-state index in [4.69, 9.17) is 5.73 Å². The normalized spacial score (nSPS) is 14.6. The average molecular weight is 391 g/mol. The molecule has 0 spiro atoms. The highest BCUT2D eigenvalue weighted by molar-refractivity contribution is 5.91. The van der Waals surface area contributed by atoms with Gasteiger partial charge in [0.25, 0.3) is 0 Å². The quantitative estimate of drug-likeness (QED) is 0.500. The van der Waals surface area contributed by atoms with Crippen molar-refractivity contribution in [3.63, 3.8) is 0 Å². The number of hydrogen-bond donors (Lipinski definition) is 2. The minimum atomic E-state index is -4.53. The fraction of sp³-hybridized carbons (Fsp3) is 0.263. The van der Waals surface area contributed by atoms with E-state index in [1.165, 1.54) is 18.2 Å². The van der Waals surface area contributed by atoms with Gasteiger partial charge < -0.3 is 16.0 Å². The molecule has 1 aliphatic heterocycles. The molecule has 2 heterocycles. The highest BCUT2D eigenvalue weighted by atomic mass is 19.4. The van der Waals surface area contributed by atoms with Gasteiger partial charge in [0.05, 0.1) is 11.1 Å². The van der Waals surface area contributed by atoms with Crippen LogP contribution in [0.15, 0.2) is 36.4 Å². The van der Waals surface area contributed by atoms with Gasteiger partial charge in [-0.2, -0.15) is 18.2 Å². The van der Waals surface area contributed by atoms with Crippen LogP contribution in [-0.4, -0.2) is 23.1 Å². The smallest absolute Gasteiger partial charge is 0.399 e. The van der Waals surface area contributed by atoms with Crippen LogP contribution in [-0.2, 0) is 6.18 Å². The summed E-state index contributed by atoms with van der Waals surface area (Å²) in [5.41, 5.74) is 5.18. The number of halogens is 4. The van der Waals surface area contributed by atoms with Gasteiger partial charge in [-0.3, -0.25) is 0 Å². The first-order valence-electron chi connectivity index (χ1n) is 8.77. The number of anilines is 4. The van der Waals surface area contributed by atoms with Crippen molar-refractivity contribution >= 4 is 34.0 Å². The van der Waals surface area contributed by atoms with E-state index in [1.807, 2.05) is 0 Å². The van der Waals surface area contributed by atoms with Gasteiger partial charge in [-0.1, -0.05) is 0 Å². The first-order chi connectivity index (χ1) is 13.3. The fourth-order valence-electron chi connectivity index (χ4n) is 3.33. The Bertz CT molecular complexity index is 1030. The highest BCUT2D eigenvalue weighted by Crippen LogP contribution is 2.34. The molecule has 1 aliphatic rings. The van der Waals surface area contributed by atoms with Crippen LogP contribution >= 0.6 is 0 Å². The second kappa shape index (κ2) is 6.81. The maximum absolute atomic E-state index is 13.7. The lowest BCUT2D eigenvalue weighted by Gasteiger charge is -2.19. The first-order valence-corrected chi connectivity index (χ1v) is 8.77. The van der Waals surface area contributed by atoms with E-state index in [1.54, 1.807) is 6.07 Å². The SMILES string of the molecule is Nc1cc(Nc2nc(N3CCCC3)c3ccc(F)cc3n2)cc(C(F)(F)F)c1. The Hall–Kier alpha value is -3.10. The summed E-state index contributed by atoms with van der Waals surface area (Å²) in [5, 5.41) is 3.47. The van der Waals surface area contributed by atoms with Crippen LogP contribution in [0, 0.1) is 5.82 Å². The van der Waals surface area contributed by atoms with Crippen molar-refractivity contribution < 1.29 is 17.6 Å². The molecule has 9 heteroatoms. The third kappa shape index (κ3) is 3.64. The molecule has 1 fully saturated rings. The van der Waals surface area contributed by atoms with Crippen LogP contribution in [0.2, 0.25) is 0 Å². The Morgan fingerprint density at radius 2 is 1.75 bits per heavy atom. The number of aromatic nitrogens is 2. The van der Waals surface area contributed by atoms with Gasteiger partial charge in [0.2, 0.25) is 5.95 Å². The first kappa shape index (κ1) is 18.3. The Morgan fingerprint density at radius 3 is 2.46 bits per heavy atom. The number of nitrogens with one attached hydrogen (secondary N) is 1. The predicted molar refractivity (Wildman–Crippen MR) is 100 cm³/mol. The number of alkyl halides is 3. The van der Waals surface area contributed by atoms with E-state index in [9.17, 15) is 17.6 Å². The summed E-state index contributed by atoms with van der Waals surface area (Å²) in [7, 11) is 0. The van der Waals surface area contributed by atoms with E-state index < -0.39 is 17.6 Å². The Morgan fingerprint density at radius 1 is 1.00 bits per heavy atom. The second-order valence-electron chi connectivity index (χ2n) is 6.69. The zero-order valence-electron chi connectivity index (χ0n) is 14.7. The lowest BCUT2D eigenvalue weighted by Crippen LogP contribution is -2.20. The van der Waals surface area contributed by atoms with Crippen molar-refractivity contribution in [3.8, 4) is 0 Å².